The van der Waals surface area contributed by atoms with Gasteiger partial charge in [0.1, 0.15) is 12.2 Å². The van der Waals surface area contributed by atoms with E-state index in [0.717, 1.165) is 6.29 Å². The Hall–Kier alpha value is 0.210. The van der Waals surface area contributed by atoms with Crippen LogP contribution in [0.25, 0.3) is 0 Å². The third-order valence-electron chi connectivity index (χ3n) is 1.38. The van der Waals surface area contributed by atoms with E-state index < -0.39 is 31.0 Å². The maximum Gasteiger partial charge on any atom is 1.00 e. The van der Waals surface area contributed by atoms with Crippen molar-refractivity contribution in [2.75, 3.05) is 6.61 Å². The van der Waals surface area contributed by atoms with E-state index in [2.05, 4.69) is 0 Å². The number of aliphatic hydroxyl groups is 5. The van der Waals surface area contributed by atoms with Crippen molar-refractivity contribution in [3.8, 4) is 0 Å². The molecule has 4 atom stereocenters. The Morgan fingerprint density at radius 3 is 1.85 bits per heavy atom. The van der Waals surface area contributed by atoms with Crippen molar-refractivity contribution >= 4 is 6.29 Å². The van der Waals surface area contributed by atoms with Crippen LogP contribution in [-0.4, -0.2) is 62.8 Å². The average molecular weight is 287 g/mol. The average Bonchev–Trinajstić information content (AvgIpc) is 2.12. The molecule has 0 rings (SSSR count). The molecule has 0 aliphatic carbocycles. The van der Waals surface area contributed by atoms with Crippen LogP contribution in [0.2, 0.25) is 0 Å². The van der Waals surface area contributed by atoms with Crippen molar-refractivity contribution in [1.29, 1.82) is 0 Å². The van der Waals surface area contributed by atoms with E-state index in [9.17, 15) is 4.79 Å². The number of rotatable bonds is 5. The Labute approximate surface area is 90.3 Å². The Morgan fingerprint density at radius 2 is 1.54 bits per heavy atom. The second-order valence-corrected chi connectivity index (χ2v) is 2.29. The summed E-state index contributed by atoms with van der Waals surface area (Å²) in [5.74, 6) is 0. The minimum absolute atomic E-state index is 0. The molecule has 0 heterocycles. The molecule has 0 bridgehead atoms. The van der Waals surface area contributed by atoms with Gasteiger partial charge in [-0.15, -0.1) is 0 Å². The first-order valence-electron chi connectivity index (χ1n) is 3.25. The first-order chi connectivity index (χ1) is 5.54. The summed E-state index contributed by atoms with van der Waals surface area (Å²) in [6.45, 7) is -0.774. The van der Waals surface area contributed by atoms with Gasteiger partial charge in [0.15, 0.2) is 0 Å². The van der Waals surface area contributed by atoms with Gasteiger partial charge >= 0.3 is 22.4 Å². The van der Waals surface area contributed by atoms with Crippen LogP contribution in [0.4, 0.5) is 0 Å². The van der Waals surface area contributed by atoms with Gasteiger partial charge in [-0.25, -0.2) is 6.29 Å². The van der Waals surface area contributed by atoms with Crippen LogP contribution in [0, 0.1) is 0 Å². The molecule has 6 nitrogen and oxygen atoms in total. The fourth-order valence-electron chi connectivity index (χ4n) is 0.592. The van der Waals surface area contributed by atoms with Crippen LogP contribution in [0.3, 0.4) is 0 Å². The smallest absolute Gasteiger partial charge is 0.539 e. The number of carbonyl (C=O) groups excluding carboxylic acids is 1. The fourth-order valence-corrected chi connectivity index (χ4v) is 0.592. The second-order valence-electron chi connectivity index (χ2n) is 2.29. The molecule has 0 unspecified atom stereocenters. The molecule has 0 aromatic carbocycles. The van der Waals surface area contributed by atoms with Gasteiger partial charge in [0, 0.05) is 0 Å². The van der Waals surface area contributed by atoms with Crippen molar-refractivity contribution in [2.45, 2.75) is 24.4 Å². The largest absolute Gasteiger partial charge is 1.00 e. The van der Waals surface area contributed by atoms with Gasteiger partial charge in [0.25, 0.3) is 0 Å². The summed E-state index contributed by atoms with van der Waals surface area (Å²) in [7, 11) is 0. The van der Waals surface area contributed by atoms with Crippen molar-refractivity contribution in [2.24, 2.45) is 0 Å². The monoisotopic (exact) mass is 286 g/mol. The van der Waals surface area contributed by atoms with E-state index in [4.69, 9.17) is 25.5 Å². The van der Waals surface area contributed by atoms with E-state index in [0.29, 0.717) is 0 Å². The molecule has 0 fully saturated rings. The zero-order chi connectivity index (χ0) is 9.72. The van der Waals surface area contributed by atoms with E-state index >= 15 is 0 Å². The molecule has 0 radical (unpaired) electrons. The molecule has 0 spiro atoms. The third-order valence-corrected chi connectivity index (χ3v) is 1.38. The van der Waals surface area contributed by atoms with Crippen molar-refractivity contribution < 1.29 is 52.7 Å². The first-order valence-corrected chi connectivity index (χ1v) is 3.25. The van der Waals surface area contributed by atoms with E-state index in [1.54, 1.807) is 0 Å². The summed E-state index contributed by atoms with van der Waals surface area (Å²) in [6.07, 6.45) is -6.07. The minimum Gasteiger partial charge on any atom is -0.539 e. The zero-order valence-electron chi connectivity index (χ0n) is 6.46. The van der Waals surface area contributed by atoms with Crippen LogP contribution in [0.5, 0.6) is 0 Å². The molecule has 0 aromatic rings. The Kier molecular flexibility index (Phi) is 9.16. The van der Waals surface area contributed by atoms with E-state index in [1.807, 2.05) is 0 Å². The maximum absolute atomic E-state index is 9.77. The van der Waals surface area contributed by atoms with Crippen LogP contribution < -0.4 is 0 Å². The molecule has 7 heteroatoms. The third kappa shape index (κ3) is 4.84. The van der Waals surface area contributed by atoms with Crippen LogP contribution in [0.15, 0.2) is 0 Å². The molecule has 0 saturated heterocycles. The predicted molar refractivity (Wildman–Crippen MR) is 36.8 cm³/mol. The molecule has 0 saturated carbocycles. The molecular weight excluding hydrogens is 276 g/mol. The first kappa shape index (κ1) is 15.7. The van der Waals surface area contributed by atoms with Gasteiger partial charge in [-0.3, -0.25) is 0 Å². The molecular formula is C6H11AgO6. The van der Waals surface area contributed by atoms with Gasteiger partial charge in [0.2, 0.25) is 0 Å². The Bertz CT molecular complexity index is 143. The SMILES string of the molecule is O=[C-][C@H](O)[C@@H](O)[C@H](O)[C@H](O)CO.[Ag+]. The predicted octanol–water partition coefficient (Wildman–Crippen LogP) is -3.47. The van der Waals surface area contributed by atoms with Crippen LogP contribution >= 0.6 is 0 Å². The van der Waals surface area contributed by atoms with Gasteiger partial charge in [-0.2, -0.15) is 0 Å². The van der Waals surface area contributed by atoms with Crippen molar-refractivity contribution in [3.63, 3.8) is 0 Å². The van der Waals surface area contributed by atoms with Gasteiger partial charge in [0.05, 0.1) is 12.7 Å². The standard InChI is InChI=1S/C6H11O6.Ag/c7-1-3(9)5(11)6(12)4(10)2-8;/h3-7,9-12H,1H2;/q-1;+1/t3-,4+,5-,6-;/m1./s1. The summed E-state index contributed by atoms with van der Waals surface area (Å²) in [4.78, 5) is 9.77. The van der Waals surface area contributed by atoms with E-state index in [-0.39, 0.29) is 22.4 Å². The fraction of sp³-hybridized carbons (Fsp3) is 0.833. The molecule has 0 amide bonds. The molecule has 5 N–H and O–H groups in total. The Balaban J connectivity index is 0. The summed E-state index contributed by atoms with van der Waals surface area (Å²) in [5, 5.41) is 43.4. The topological polar surface area (TPSA) is 118 Å². The summed E-state index contributed by atoms with van der Waals surface area (Å²) < 4.78 is 0. The number of hydrogen-bond acceptors (Lipinski definition) is 6. The molecule has 0 aromatic heterocycles. The summed E-state index contributed by atoms with van der Waals surface area (Å²) in [5.41, 5.74) is 0. The maximum atomic E-state index is 9.77. The number of hydrogen-bond donors (Lipinski definition) is 5. The second kappa shape index (κ2) is 7.60. The van der Waals surface area contributed by atoms with Crippen LogP contribution in [0.1, 0.15) is 0 Å². The van der Waals surface area contributed by atoms with Crippen molar-refractivity contribution in [3.05, 3.63) is 0 Å². The van der Waals surface area contributed by atoms with Gasteiger partial charge in [-0.1, -0.05) is 0 Å². The number of aliphatic hydroxyl groups excluding tert-OH is 5. The molecule has 0 aliphatic rings. The molecule has 82 valence electrons. The Morgan fingerprint density at radius 1 is 1.08 bits per heavy atom. The van der Waals surface area contributed by atoms with Crippen molar-refractivity contribution in [1.82, 2.24) is 0 Å². The summed E-state index contributed by atoms with van der Waals surface area (Å²) in [6, 6.07) is 0. The zero-order valence-corrected chi connectivity index (χ0v) is 7.94. The van der Waals surface area contributed by atoms with Crippen LogP contribution in [-0.2, 0) is 27.2 Å². The quantitative estimate of drug-likeness (QED) is 0.265. The summed E-state index contributed by atoms with van der Waals surface area (Å²) >= 11 is 0. The molecule has 13 heavy (non-hydrogen) atoms. The molecule has 0 aliphatic heterocycles. The minimum atomic E-state index is -1.89. The van der Waals surface area contributed by atoms with E-state index in [1.165, 1.54) is 0 Å². The van der Waals surface area contributed by atoms with Gasteiger partial charge in [-0.05, 0) is 6.10 Å². The van der Waals surface area contributed by atoms with Gasteiger partial charge < -0.3 is 30.3 Å². The normalized spacial score (nSPS) is 19.5.